The number of benzene rings is 1. The number of carboxylic acids is 1. The number of phenols is 1. The van der Waals surface area contributed by atoms with Crippen molar-refractivity contribution in [3.63, 3.8) is 0 Å². The molecular formula is C14H10FN3O5. The number of nitrogens with zero attached hydrogens (tertiary/aromatic N) is 2. The van der Waals surface area contributed by atoms with Gasteiger partial charge in [-0.15, -0.1) is 0 Å². The zero-order chi connectivity index (χ0) is 17.3. The number of hydrogen-bond acceptors (Lipinski definition) is 6. The third-order valence-corrected chi connectivity index (χ3v) is 3.10. The van der Waals surface area contributed by atoms with Gasteiger partial charge in [0.1, 0.15) is 6.07 Å². The lowest BCUT2D eigenvalue weighted by molar-refractivity contribution is 0.0590. The second-order valence-corrected chi connectivity index (χ2v) is 4.40. The normalized spacial score (nSPS) is 10.1. The molecule has 0 unspecified atom stereocenters. The van der Waals surface area contributed by atoms with Crippen LogP contribution in [-0.4, -0.2) is 33.8 Å². The van der Waals surface area contributed by atoms with Crippen LogP contribution in [0.25, 0.3) is 5.69 Å². The van der Waals surface area contributed by atoms with E-state index in [0.29, 0.717) is 12.1 Å². The fraction of sp³-hybridized carbons (Fsp3) is 0.0714. The predicted molar refractivity (Wildman–Crippen MR) is 74.8 cm³/mol. The second-order valence-electron chi connectivity index (χ2n) is 4.40. The van der Waals surface area contributed by atoms with Crippen molar-refractivity contribution in [2.24, 2.45) is 0 Å². The first-order valence-corrected chi connectivity index (χ1v) is 6.07. The van der Waals surface area contributed by atoms with E-state index in [2.05, 4.69) is 4.74 Å². The van der Waals surface area contributed by atoms with Crippen LogP contribution in [0, 0.1) is 17.1 Å². The highest BCUT2D eigenvalue weighted by atomic mass is 19.1. The van der Waals surface area contributed by atoms with Gasteiger partial charge in [-0.1, -0.05) is 0 Å². The maximum absolute atomic E-state index is 13.6. The Morgan fingerprint density at radius 3 is 2.61 bits per heavy atom. The summed E-state index contributed by atoms with van der Waals surface area (Å²) in [7, 11) is 1.07. The van der Waals surface area contributed by atoms with Crippen LogP contribution < -0.4 is 5.73 Å². The Bertz CT molecular complexity index is 866. The number of methoxy groups -OCH3 is 1. The van der Waals surface area contributed by atoms with Crippen molar-refractivity contribution < 1.29 is 28.9 Å². The molecular weight excluding hydrogens is 309 g/mol. The Labute approximate surface area is 128 Å². The average molecular weight is 319 g/mol. The first-order chi connectivity index (χ1) is 10.8. The summed E-state index contributed by atoms with van der Waals surface area (Å²) in [5.41, 5.74) is 4.24. The lowest BCUT2D eigenvalue weighted by Crippen LogP contribution is -2.14. The summed E-state index contributed by atoms with van der Waals surface area (Å²) in [6.45, 7) is 0. The molecule has 8 nitrogen and oxygen atoms in total. The number of carboxylic acid groups (broad SMARTS) is 1. The van der Waals surface area contributed by atoms with E-state index in [1.807, 2.05) is 0 Å². The van der Waals surface area contributed by atoms with Crippen molar-refractivity contribution in [3.8, 4) is 17.5 Å². The highest BCUT2D eigenvalue weighted by Gasteiger charge is 2.25. The molecule has 2 aromatic rings. The van der Waals surface area contributed by atoms with Gasteiger partial charge < -0.3 is 25.3 Å². The number of halogens is 1. The SMILES string of the molecule is COC(=O)c1c(N)c(C#N)cn1-c1cc(F)c(O)cc1C(=O)O. The molecule has 0 saturated carbocycles. The van der Waals surface area contributed by atoms with Crippen molar-refractivity contribution in [1.82, 2.24) is 4.57 Å². The van der Waals surface area contributed by atoms with E-state index in [-0.39, 0.29) is 22.6 Å². The molecule has 0 aliphatic carbocycles. The third-order valence-electron chi connectivity index (χ3n) is 3.10. The molecule has 1 aromatic carbocycles. The first kappa shape index (κ1) is 15.8. The van der Waals surface area contributed by atoms with E-state index in [0.717, 1.165) is 17.9 Å². The molecule has 23 heavy (non-hydrogen) atoms. The molecule has 1 aromatic heterocycles. The van der Waals surface area contributed by atoms with Crippen LogP contribution in [-0.2, 0) is 4.74 Å². The zero-order valence-corrected chi connectivity index (χ0v) is 11.7. The number of hydrogen-bond donors (Lipinski definition) is 3. The Morgan fingerprint density at radius 1 is 1.43 bits per heavy atom. The smallest absolute Gasteiger partial charge is 0.357 e. The van der Waals surface area contributed by atoms with Crippen molar-refractivity contribution in [3.05, 3.63) is 41.0 Å². The molecule has 0 aliphatic heterocycles. The van der Waals surface area contributed by atoms with E-state index in [1.165, 1.54) is 0 Å². The first-order valence-electron chi connectivity index (χ1n) is 6.07. The van der Waals surface area contributed by atoms with Crippen LogP contribution in [0.4, 0.5) is 10.1 Å². The molecule has 0 fully saturated rings. The Balaban J connectivity index is 2.87. The van der Waals surface area contributed by atoms with Crippen LogP contribution in [0.15, 0.2) is 18.3 Å². The lowest BCUT2D eigenvalue weighted by atomic mass is 10.1. The van der Waals surface area contributed by atoms with Gasteiger partial charge in [-0.05, 0) is 6.07 Å². The number of aromatic nitrogens is 1. The van der Waals surface area contributed by atoms with Crippen LogP contribution in [0.1, 0.15) is 26.4 Å². The molecule has 9 heteroatoms. The van der Waals surface area contributed by atoms with Crippen LogP contribution in [0.2, 0.25) is 0 Å². The molecule has 2 rings (SSSR count). The van der Waals surface area contributed by atoms with Gasteiger partial charge in [0, 0.05) is 12.3 Å². The minimum absolute atomic E-state index is 0.116. The van der Waals surface area contributed by atoms with E-state index in [1.54, 1.807) is 6.07 Å². The summed E-state index contributed by atoms with van der Waals surface area (Å²) in [4.78, 5) is 23.2. The van der Waals surface area contributed by atoms with Gasteiger partial charge in [0.05, 0.1) is 29.6 Å². The zero-order valence-electron chi connectivity index (χ0n) is 11.7. The number of aromatic carboxylic acids is 1. The number of carbonyl (C=O) groups excluding carboxylic acids is 1. The number of aromatic hydroxyl groups is 1. The van der Waals surface area contributed by atoms with Crippen molar-refractivity contribution in [1.29, 1.82) is 5.26 Å². The van der Waals surface area contributed by atoms with Gasteiger partial charge in [-0.3, -0.25) is 0 Å². The molecule has 0 atom stereocenters. The maximum atomic E-state index is 13.6. The number of ether oxygens (including phenoxy) is 1. The van der Waals surface area contributed by atoms with Gasteiger partial charge >= 0.3 is 11.9 Å². The van der Waals surface area contributed by atoms with E-state index < -0.39 is 29.1 Å². The molecule has 0 amide bonds. The highest BCUT2D eigenvalue weighted by molar-refractivity contribution is 5.98. The molecule has 4 N–H and O–H groups in total. The largest absolute Gasteiger partial charge is 0.505 e. The molecule has 0 bridgehead atoms. The van der Waals surface area contributed by atoms with Gasteiger partial charge in [0.2, 0.25) is 0 Å². The molecule has 0 saturated heterocycles. The number of nitrogen functional groups attached to an aromatic ring is 1. The van der Waals surface area contributed by atoms with E-state index in [4.69, 9.17) is 11.0 Å². The second kappa shape index (κ2) is 5.69. The predicted octanol–water partition coefficient (Wildman–Crippen LogP) is 1.26. The average Bonchev–Trinajstić information content (AvgIpc) is 2.85. The third kappa shape index (κ3) is 2.53. The number of carbonyl (C=O) groups is 2. The molecule has 118 valence electrons. The van der Waals surface area contributed by atoms with Gasteiger partial charge in [0.15, 0.2) is 17.3 Å². The molecule has 0 aliphatic rings. The molecule has 1 heterocycles. The summed E-state index contributed by atoms with van der Waals surface area (Å²) in [6.07, 6.45) is 1.08. The number of phenolic OH excluding ortho intramolecular Hbond substituents is 1. The van der Waals surface area contributed by atoms with Gasteiger partial charge in [-0.2, -0.15) is 5.26 Å². The van der Waals surface area contributed by atoms with E-state index >= 15 is 0 Å². The van der Waals surface area contributed by atoms with E-state index in [9.17, 15) is 24.2 Å². The number of nitrogens with two attached hydrogens (primary N) is 1. The fourth-order valence-electron chi connectivity index (χ4n) is 2.03. The quantitative estimate of drug-likeness (QED) is 0.724. The Morgan fingerprint density at radius 2 is 2.09 bits per heavy atom. The monoisotopic (exact) mass is 319 g/mol. The topological polar surface area (TPSA) is 139 Å². The number of esters is 1. The molecule has 0 radical (unpaired) electrons. The van der Waals surface area contributed by atoms with Gasteiger partial charge in [0.25, 0.3) is 0 Å². The molecule has 0 spiro atoms. The van der Waals surface area contributed by atoms with Crippen molar-refractivity contribution >= 4 is 17.6 Å². The van der Waals surface area contributed by atoms with Gasteiger partial charge in [-0.25, -0.2) is 14.0 Å². The Hall–Kier alpha value is -3.54. The fourth-order valence-corrected chi connectivity index (χ4v) is 2.03. The van der Waals surface area contributed by atoms with Crippen molar-refractivity contribution in [2.45, 2.75) is 0 Å². The van der Waals surface area contributed by atoms with Crippen LogP contribution >= 0.6 is 0 Å². The summed E-state index contributed by atoms with van der Waals surface area (Å²) < 4.78 is 19.1. The number of rotatable bonds is 3. The van der Waals surface area contributed by atoms with Crippen molar-refractivity contribution in [2.75, 3.05) is 12.8 Å². The summed E-state index contributed by atoms with van der Waals surface area (Å²) in [5.74, 6) is -4.39. The minimum atomic E-state index is -1.48. The maximum Gasteiger partial charge on any atom is 0.357 e. The number of nitriles is 1. The lowest BCUT2D eigenvalue weighted by Gasteiger charge is -2.12. The highest BCUT2D eigenvalue weighted by Crippen LogP contribution is 2.29. The number of anilines is 1. The van der Waals surface area contributed by atoms with Crippen LogP contribution in [0.3, 0.4) is 0 Å². The standard InChI is InChI=1S/C14H10FN3O5/c1-23-14(22)12-11(17)6(4-16)5-18(12)9-3-8(15)10(19)2-7(9)13(20)21/h2-3,5,19H,17H2,1H3,(H,20,21). The summed E-state index contributed by atoms with van der Waals surface area (Å²) in [5, 5.41) is 27.5. The van der Waals surface area contributed by atoms with Crippen LogP contribution in [0.5, 0.6) is 5.75 Å². The Kier molecular flexibility index (Phi) is 3.92. The summed E-state index contributed by atoms with van der Waals surface area (Å²) >= 11 is 0. The summed E-state index contributed by atoms with van der Waals surface area (Å²) in [6, 6.07) is 3.14. The minimum Gasteiger partial charge on any atom is -0.505 e.